The molecule has 2 aliphatic heterocycles. The van der Waals surface area contributed by atoms with Gasteiger partial charge < -0.3 is 15.0 Å². The first-order chi connectivity index (χ1) is 16.4. The van der Waals surface area contributed by atoms with Gasteiger partial charge >= 0.3 is 5.69 Å². The molecule has 0 bridgehead atoms. The number of amides is 2. The lowest BCUT2D eigenvalue weighted by Crippen LogP contribution is -2.49. The molecular formula is C25H35N5O4. The van der Waals surface area contributed by atoms with Gasteiger partial charge in [0.2, 0.25) is 0 Å². The van der Waals surface area contributed by atoms with E-state index in [0.29, 0.717) is 30.8 Å². The Kier molecular flexibility index (Phi) is 7.70. The van der Waals surface area contributed by atoms with E-state index in [1.165, 1.54) is 4.68 Å². The Labute approximate surface area is 200 Å². The quantitative estimate of drug-likeness (QED) is 0.599. The van der Waals surface area contributed by atoms with Crippen LogP contribution in [0.3, 0.4) is 0 Å². The number of carbonyl (C=O) groups is 2. The Morgan fingerprint density at radius 3 is 2.53 bits per heavy atom. The number of ether oxygens (including phenoxy) is 1. The van der Waals surface area contributed by atoms with Crippen molar-refractivity contribution in [1.82, 2.24) is 24.6 Å². The first-order valence-corrected chi connectivity index (χ1v) is 12.4. The van der Waals surface area contributed by atoms with Crippen molar-refractivity contribution in [2.45, 2.75) is 84.0 Å². The molecule has 34 heavy (non-hydrogen) atoms. The number of hydrogen-bond donors (Lipinski definition) is 1. The predicted octanol–water partition coefficient (Wildman–Crippen LogP) is 2.37. The fraction of sp³-hybridized carbons (Fsp3) is 0.600. The number of rotatable bonds is 8. The third-order valence-corrected chi connectivity index (χ3v) is 6.82. The molecule has 2 amide bonds. The summed E-state index contributed by atoms with van der Waals surface area (Å²) >= 11 is 0. The maximum Gasteiger partial charge on any atom is 0.345 e. The first kappa shape index (κ1) is 24.0. The monoisotopic (exact) mass is 469 g/mol. The number of likely N-dealkylation sites (tertiary alicyclic amines) is 1. The van der Waals surface area contributed by atoms with E-state index in [9.17, 15) is 14.4 Å². The van der Waals surface area contributed by atoms with Crippen molar-refractivity contribution in [3.8, 4) is 5.75 Å². The van der Waals surface area contributed by atoms with Crippen molar-refractivity contribution < 1.29 is 14.3 Å². The summed E-state index contributed by atoms with van der Waals surface area (Å²) < 4.78 is 8.94. The Bertz CT molecular complexity index is 1050. The number of aromatic nitrogens is 3. The number of carbonyl (C=O) groups excluding carboxylic acids is 2. The lowest BCUT2D eigenvalue weighted by atomic mass is 9.97. The van der Waals surface area contributed by atoms with Crippen LogP contribution in [0.5, 0.6) is 5.75 Å². The van der Waals surface area contributed by atoms with Gasteiger partial charge in [-0.05, 0) is 76.6 Å². The highest BCUT2D eigenvalue weighted by atomic mass is 16.5. The highest BCUT2D eigenvalue weighted by molar-refractivity contribution is 5.94. The lowest BCUT2D eigenvalue weighted by molar-refractivity contribution is -0.139. The molecule has 1 fully saturated rings. The molecule has 184 valence electrons. The van der Waals surface area contributed by atoms with Gasteiger partial charge in [-0.1, -0.05) is 0 Å². The molecule has 1 aromatic carbocycles. The molecule has 4 rings (SSSR count). The molecule has 1 N–H and O–H groups in total. The Hall–Kier alpha value is -3.10. The standard InChI is InChI=1S/C25H35N5O4/c1-18-7-5-8-19(2)30(18)23(31)17-34-21-12-10-20(11-13-21)24(32)26-14-6-16-29-25(33)28-15-4-3-9-22(28)27-29/h10-13,18-19H,3-9,14-17H2,1-2H3,(H,26,32). The van der Waals surface area contributed by atoms with E-state index >= 15 is 0 Å². The first-order valence-electron chi connectivity index (χ1n) is 12.4. The molecule has 2 unspecified atom stereocenters. The van der Waals surface area contributed by atoms with E-state index in [2.05, 4.69) is 24.3 Å². The van der Waals surface area contributed by atoms with Crippen LogP contribution in [0.2, 0.25) is 0 Å². The smallest absolute Gasteiger partial charge is 0.345 e. The summed E-state index contributed by atoms with van der Waals surface area (Å²) in [4.78, 5) is 39.3. The summed E-state index contributed by atoms with van der Waals surface area (Å²) in [5.74, 6) is 1.24. The van der Waals surface area contributed by atoms with Gasteiger partial charge in [-0.25, -0.2) is 9.48 Å². The minimum absolute atomic E-state index is 0.000750. The fourth-order valence-electron chi connectivity index (χ4n) is 4.96. The third-order valence-electron chi connectivity index (χ3n) is 6.82. The van der Waals surface area contributed by atoms with Gasteiger partial charge in [-0.2, -0.15) is 5.10 Å². The van der Waals surface area contributed by atoms with E-state index in [4.69, 9.17) is 4.74 Å². The summed E-state index contributed by atoms with van der Waals surface area (Å²) in [5.41, 5.74) is 0.464. The van der Waals surface area contributed by atoms with Crippen LogP contribution in [0.4, 0.5) is 0 Å². The SMILES string of the molecule is CC1CCCC(C)N1C(=O)COc1ccc(C(=O)NCCCn2nc3n(c2=O)CCCC3)cc1. The molecule has 2 aliphatic rings. The summed E-state index contributed by atoms with van der Waals surface area (Å²) in [6.07, 6.45) is 6.78. The Balaban J connectivity index is 1.21. The Morgan fingerprint density at radius 2 is 1.82 bits per heavy atom. The van der Waals surface area contributed by atoms with Gasteiger partial charge in [0.15, 0.2) is 6.61 Å². The molecule has 1 aromatic heterocycles. The number of nitrogens with zero attached hydrogens (tertiary/aromatic N) is 4. The number of hydrogen-bond acceptors (Lipinski definition) is 5. The second-order valence-corrected chi connectivity index (χ2v) is 9.38. The maximum atomic E-state index is 12.6. The molecule has 3 heterocycles. The van der Waals surface area contributed by atoms with Crippen molar-refractivity contribution in [3.63, 3.8) is 0 Å². The van der Waals surface area contributed by atoms with Crippen LogP contribution >= 0.6 is 0 Å². The highest BCUT2D eigenvalue weighted by Gasteiger charge is 2.29. The Morgan fingerprint density at radius 1 is 1.09 bits per heavy atom. The number of fused-ring (bicyclic) bond motifs is 1. The normalized spacial score (nSPS) is 20.0. The van der Waals surface area contributed by atoms with E-state index in [1.807, 2.05) is 4.90 Å². The molecule has 0 spiro atoms. The zero-order valence-corrected chi connectivity index (χ0v) is 20.2. The molecule has 9 nitrogen and oxygen atoms in total. The number of aryl methyl sites for hydroxylation is 2. The largest absolute Gasteiger partial charge is 0.484 e. The molecular weight excluding hydrogens is 434 g/mol. The maximum absolute atomic E-state index is 12.6. The minimum Gasteiger partial charge on any atom is -0.484 e. The topological polar surface area (TPSA) is 98.5 Å². The van der Waals surface area contributed by atoms with Crippen molar-refractivity contribution in [3.05, 3.63) is 46.1 Å². The highest BCUT2D eigenvalue weighted by Crippen LogP contribution is 2.23. The van der Waals surface area contributed by atoms with Gasteiger partial charge in [0, 0.05) is 43.7 Å². The van der Waals surface area contributed by atoms with Crippen LogP contribution in [0.1, 0.15) is 68.6 Å². The second-order valence-electron chi connectivity index (χ2n) is 9.38. The van der Waals surface area contributed by atoms with E-state index in [0.717, 1.165) is 50.9 Å². The average molecular weight is 470 g/mol. The van der Waals surface area contributed by atoms with Crippen LogP contribution < -0.4 is 15.7 Å². The van der Waals surface area contributed by atoms with Crippen LogP contribution in [0, 0.1) is 0 Å². The van der Waals surface area contributed by atoms with Crippen molar-refractivity contribution in [2.75, 3.05) is 13.2 Å². The van der Waals surface area contributed by atoms with E-state index in [1.54, 1.807) is 28.8 Å². The van der Waals surface area contributed by atoms with Crippen molar-refractivity contribution in [2.24, 2.45) is 0 Å². The zero-order valence-electron chi connectivity index (χ0n) is 20.2. The summed E-state index contributed by atoms with van der Waals surface area (Å²) in [6, 6.07) is 7.28. The predicted molar refractivity (Wildman–Crippen MR) is 128 cm³/mol. The third kappa shape index (κ3) is 5.51. The second kappa shape index (κ2) is 10.9. The van der Waals surface area contributed by atoms with E-state index in [-0.39, 0.29) is 36.2 Å². The summed E-state index contributed by atoms with van der Waals surface area (Å²) in [6.45, 7) is 5.84. The zero-order chi connectivity index (χ0) is 24.1. The van der Waals surface area contributed by atoms with Crippen LogP contribution in [0.25, 0.3) is 0 Å². The van der Waals surface area contributed by atoms with Crippen LogP contribution in [-0.4, -0.2) is 56.3 Å². The van der Waals surface area contributed by atoms with Crippen molar-refractivity contribution in [1.29, 1.82) is 0 Å². The van der Waals surface area contributed by atoms with Gasteiger partial charge in [-0.15, -0.1) is 0 Å². The van der Waals surface area contributed by atoms with Crippen LogP contribution in [-0.2, 0) is 24.3 Å². The average Bonchev–Trinajstić information content (AvgIpc) is 3.16. The van der Waals surface area contributed by atoms with Crippen LogP contribution in [0.15, 0.2) is 29.1 Å². The lowest BCUT2D eigenvalue weighted by Gasteiger charge is -2.38. The molecule has 9 heteroatoms. The van der Waals surface area contributed by atoms with Gasteiger partial charge in [-0.3, -0.25) is 14.2 Å². The minimum atomic E-state index is -0.185. The summed E-state index contributed by atoms with van der Waals surface area (Å²) in [5, 5.41) is 7.30. The number of benzene rings is 1. The van der Waals surface area contributed by atoms with Gasteiger partial charge in [0.1, 0.15) is 11.6 Å². The molecule has 0 radical (unpaired) electrons. The molecule has 0 aliphatic carbocycles. The van der Waals surface area contributed by atoms with Gasteiger partial charge in [0.05, 0.1) is 0 Å². The molecule has 0 saturated carbocycles. The van der Waals surface area contributed by atoms with Gasteiger partial charge in [0.25, 0.3) is 11.8 Å². The summed E-state index contributed by atoms with van der Waals surface area (Å²) in [7, 11) is 0. The molecule has 2 atom stereocenters. The number of nitrogens with one attached hydrogen (secondary N) is 1. The number of piperidine rings is 1. The van der Waals surface area contributed by atoms with E-state index < -0.39 is 0 Å². The fourth-order valence-corrected chi connectivity index (χ4v) is 4.96. The molecule has 2 aromatic rings. The van der Waals surface area contributed by atoms with Crippen molar-refractivity contribution >= 4 is 11.8 Å². The molecule has 1 saturated heterocycles.